The molecule has 1 atom stereocenters. The summed E-state index contributed by atoms with van der Waals surface area (Å²) in [6, 6.07) is 14.3. The van der Waals surface area contributed by atoms with Gasteiger partial charge < -0.3 is 4.74 Å². The number of hydrogen-bond donors (Lipinski definition) is 0. The van der Waals surface area contributed by atoms with Crippen LogP contribution < -0.4 is 0 Å². The van der Waals surface area contributed by atoms with Crippen molar-refractivity contribution in [2.45, 2.75) is 24.9 Å². The smallest absolute Gasteiger partial charge is 0.339 e. The zero-order valence-corrected chi connectivity index (χ0v) is 13.0. The minimum atomic E-state index is -0.795. The van der Waals surface area contributed by atoms with Crippen molar-refractivity contribution < 1.29 is 9.53 Å². The normalized spacial score (nSPS) is 23.3. The van der Waals surface area contributed by atoms with Crippen LogP contribution in [0.5, 0.6) is 0 Å². The van der Waals surface area contributed by atoms with Crippen LogP contribution in [-0.4, -0.2) is 11.0 Å². The van der Waals surface area contributed by atoms with Gasteiger partial charge in [0.05, 0.1) is 5.56 Å². The summed E-state index contributed by atoms with van der Waals surface area (Å²) in [5.74, 6) is -0.264. The fourth-order valence-electron chi connectivity index (χ4n) is 4.45. The van der Waals surface area contributed by atoms with Gasteiger partial charge >= 0.3 is 5.97 Å². The predicted molar refractivity (Wildman–Crippen MR) is 87.4 cm³/mol. The number of carbonyl (C=O) groups excluding carboxylic acids is 1. The highest BCUT2D eigenvalue weighted by Gasteiger charge is 2.61. The molecule has 0 saturated heterocycles. The number of pyridine rings is 1. The van der Waals surface area contributed by atoms with E-state index in [2.05, 4.69) is 49.2 Å². The molecule has 2 heterocycles. The monoisotopic (exact) mass is 301 g/mol. The molecule has 5 rings (SSSR count). The van der Waals surface area contributed by atoms with Crippen molar-refractivity contribution in [3.63, 3.8) is 0 Å². The lowest BCUT2D eigenvalue weighted by Crippen LogP contribution is -2.43. The van der Waals surface area contributed by atoms with Crippen molar-refractivity contribution in [2.24, 2.45) is 0 Å². The summed E-state index contributed by atoms with van der Waals surface area (Å²) in [5, 5.41) is 2.38. The van der Waals surface area contributed by atoms with Crippen LogP contribution in [0.15, 0.2) is 54.9 Å². The van der Waals surface area contributed by atoms with E-state index in [-0.39, 0.29) is 11.4 Å². The summed E-state index contributed by atoms with van der Waals surface area (Å²) in [5.41, 5.74) is 2.62. The van der Waals surface area contributed by atoms with E-state index in [1.807, 2.05) is 6.07 Å². The molecule has 0 N–H and O–H groups in total. The number of esters is 1. The molecule has 2 aromatic carbocycles. The third kappa shape index (κ3) is 1.24. The number of nitrogens with zero attached hydrogens (tertiary/aromatic N) is 1. The first-order valence-electron chi connectivity index (χ1n) is 7.78. The Morgan fingerprint density at radius 3 is 2.48 bits per heavy atom. The third-order valence-corrected chi connectivity index (χ3v) is 5.50. The second-order valence-electron chi connectivity index (χ2n) is 6.83. The molecule has 0 fully saturated rings. The van der Waals surface area contributed by atoms with Gasteiger partial charge in [-0.1, -0.05) is 50.2 Å². The molecule has 23 heavy (non-hydrogen) atoms. The molecular weight excluding hydrogens is 286 g/mol. The van der Waals surface area contributed by atoms with Gasteiger partial charge in [-0.25, -0.2) is 4.79 Å². The Kier molecular flexibility index (Phi) is 2.12. The zero-order valence-electron chi connectivity index (χ0n) is 13.0. The number of fused-ring (bicyclic) bond motifs is 3. The lowest BCUT2D eigenvalue weighted by Gasteiger charge is -2.38. The van der Waals surface area contributed by atoms with Crippen molar-refractivity contribution in [1.29, 1.82) is 0 Å². The van der Waals surface area contributed by atoms with Gasteiger partial charge in [-0.2, -0.15) is 0 Å². The van der Waals surface area contributed by atoms with E-state index >= 15 is 0 Å². The SMILES string of the molecule is CC1(C)c2cccc3cccc(c23)C12OC(=O)c1ccncc12. The van der Waals surface area contributed by atoms with Crippen LogP contribution >= 0.6 is 0 Å². The highest BCUT2D eigenvalue weighted by Crippen LogP contribution is 2.60. The Hall–Kier alpha value is -2.68. The van der Waals surface area contributed by atoms with Crippen molar-refractivity contribution in [3.8, 4) is 0 Å². The summed E-state index contributed by atoms with van der Waals surface area (Å²) in [7, 11) is 0. The predicted octanol–water partition coefficient (Wildman–Crippen LogP) is 3.94. The largest absolute Gasteiger partial charge is 0.445 e. The third-order valence-electron chi connectivity index (χ3n) is 5.50. The molecule has 3 nitrogen and oxygen atoms in total. The molecule has 3 aromatic rings. The quantitative estimate of drug-likeness (QED) is 0.590. The Bertz CT molecular complexity index is 1000. The standard InChI is InChI=1S/C20H15NO2/c1-19(2)14-7-3-5-12-6-4-8-15(17(12)14)20(19)16-11-21-10-9-13(16)18(22)23-20/h3-11H,1-2H3. The molecule has 3 heteroatoms. The average Bonchev–Trinajstić information content (AvgIpc) is 2.97. The first-order chi connectivity index (χ1) is 11.1. The van der Waals surface area contributed by atoms with Crippen molar-refractivity contribution in [1.82, 2.24) is 4.98 Å². The van der Waals surface area contributed by atoms with Gasteiger partial charge in [-0.05, 0) is 22.4 Å². The second kappa shape index (κ2) is 3.80. The Balaban J connectivity index is 1.98. The van der Waals surface area contributed by atoms with Crippen molar-refractivity contribution in [3.05, 3.63) is 77.1 Å². The maximum Gasteiger partial charge on any atom is 0.339 e. The van der Waals surface area contributed by atoms with Crippen LogP contribution in [0.2, 0.25) is 0 Å². The number of benzene rings is 2. The second-order valence-corrected chi connectivity index (χ2v) is 6.83. The van der Waals surface area contributed by atoms with Gasteiger partial charge in [0.2, 0.25) is 0 Å². The molecule has 1 aromatic heterocycles. The van der Waals surface area contributed by atoms with Gasteiger partial charge in [-0.15, -0.1) is 0 Å². The van der Waals surface area contributed by atoms with Crippen LogP contribution in [0.3, 0.4) is 0 Å². The molecule has 1 aliphatic heterocycles. The van der Waals surface area contributed by atoms with E-state index in [1.54, 1.807) is 18.5 Å². The fraction of sp³-hybridized carbons (Fsp3) is 0.200. The van der Waals surface area contributed by atoms with E-state index in [9.17, 15) is 4.79 Å². The van der Waals surface area contributed by atoms with Crippen LogP contribution in [-0.2, 0) is 15.8 Å². The van der Waals surface area contributed by atoms with Crippen LogP contribution in [0.1, 0.15) is 40.9 Å². The minimum absolute atomic E-state index is 0.264. The van der Waals surface area contributed by atoms with Gasteiger partial charge in [-0.3, -0.25) is 4.98 Å². The van der Waals surface area contributed by atoms with Gasteiger partial charge in [0.15, 0.2) is 5.60 Å². The topological polar surface area (TPSA) is 39.2 Å². The number of carbonyl (C=O) groups is 1. The molecular formula is C20H15NO2. The van der Waals surface area contributed by atoms with Gasteiger partial charge in [0.25, 0.3) is 0 Å². The van der Waals surface area contributed by atoms with E-state index in [1.165, 1.54) is 16.3 Å². The molecule has 0 radical (unpaired) electrons. The first kappa shape index (κ1) is 12.8. The van der Waals surface area contributed by atoms with E-state index < -0.39 is 5.60 Å². The highest BCUT2D eigenvalue weighted by atomic mass is 16.6. The highest BCUT2D eigenvalue weighted by molar-refractivity contribution is 6.01. The van der Waals surface area contributed by atoms with Crippen LogP contribution in [0.25, 0.3) is 10.8 Å². The first-order valence-corrected chi connectivity index (χ1v) is 7.78. The summed E-state index contributed by atoms with van der Waals surface area (Å²) < 4.78 is 6.09. The summed E-state index contributed by atoms with van der Waals surface area (Å²) in [6.45, 7) is 4.30. The summed E-state index contributed by atoms with van der Waals surface area (Å²) >= 11 is 0. The molecule has 1 aliphatic carbocycles. The van der Waals surface area contributed by atoms with E-state index in [4.69, 9.17) is 4.74 Å². The maximum atomic E-state index is 12.5. The molecule has 1 spiro atoms. The Morgan fingerprint density at radius 2 is 1.70 bits per heavy atom. The lowest BCUT2D eigenvalue weighted by molar-refractivity contribution is -0.0178. The van der Waals surface area contributed by atoms with Crippen molar-refractivity contribution >= 4 is 16.7 Å². The molecule has 1 unspecified atom stereocenters. The molecule has 0 bridgehead atoms. The fourth-order valence-corrected chi connectivity index (χ4v) is 4.45. The Labute approximate surface area is 133 Å². The van der Waals surface area contributed by atoms with E-state index in [0.29, 0.717) is 5.56 Å². The van der Waals surface area contributed by atoms with Gasteiger partial charge in [0.1, 0.15) is 0 Å². The number of rotatable bonds is 0. The van der Waals surface area contributed by atoms with Crippen molar-refractivity contribution in [2.75, 3.05) is 0 Å². The summed E-state index contributed by atoms with van der Waals surface area (Å²) in [4.78, 5) is 16.8. The van der Waals surface area contributed by atoms with E-state index in [0.717, 1.165) is 11.1 Å². The lowest BCUT2D eigenvalue weighted by atomic mass is 9.69. The molecule has 0 amide bonds. The molecule has 0 saturated carbocycles. The average molecular weight is 301 g/mol. The number of hydrogen-bond acceptors (Lipinski definition) is 3. The van der Waals surface area contributed by atoms with Crippen LogP contribution in [0, 0.1) is 0 Å². The molecule has 112 valence electrons. The zero-order chi connectivity index (χ0) is 15.8. The number of ether oxygens (including phenoxy) is 1. The summed E-state index contributed by atoms with van der Waals surface area (Å²) in [6.07, 6.45) is 3.43. The maximum absolute atomic E-state index is 12.5. The van der Waals surface area contributed by atoms with Gasteiger partial charge in [0, 0.05) is 28.9 Å². The number of aromatic nitrogens is 1. The minimum Gasteiger partial charge on any atom is -0.445 e. The van der Waals surface area contributed by atoms with Crippen LogP contribution in [0.4, 0.5) is 0 Å². The molecule has 2 aliphatic rings. The Morgan fingerprint density at radius 1 is 0.957 bits per heavy atom.